The molecule has 0 unspecified atom stereocenters. The SMILES string of the molecule is CC(=O)N1CCC[C@H]1C(=O)N[C@@H](CC(C)C)C(=O)NCC(=O)N[C@@H](CCc1ccccc1)C(=O)N[C@@H](Cc1ccc(O)cc1)C(=O)N[C@@H](CC(C)C)C(=O)Nc1ccccc1CC(=O)Oc1ccc(CCCCCCCC(=O)NCCNC(=O)[C@H](CCC(=O)O)NC(=O)c2ccc(N/N=C/c3ccccc3S(=O)(=O)O)nc2)cc1. The van der Waals surface area contributed by atoms with Crippen LogP contribution in [0.1, 0.15) is 156 Å². The Morgan fingerprint density at radius 2 is 1.21 bits per heavy atom. The van der Waals surface area contributed by atoms with E-state index in [0.717, 1.165) is 49.4 Å². The van der Waals surface area contributed by atoms with Crippen molar-refractivity contribution in [3.8, 4) is 11.5 Å². The lowest BCUT2D eigenvalue weighted by molar-refractivity contribution is -0.138. The van der Waals surface area contributed by atoms with Crippen molar-refractivity contribution in [2.24, 2.45) is 16.9 Å². The van der Waals surface area contributed by atoms with Gasteiger partial charge < -0.3 is 67.7 Å². The summed E-state index contributed by atoms with van der Waals surface area (Å²) >= 11 is 0. The van der Waals surface area contributed by atoms with Gasteiger partial charge in [0, 0.05) is 63.3 Å². The quantitative estimate of drug-likeness (QED) is 0.00492. The summed E-state index contributed by atoms with van der Waals surface area (Å²) in [6.07, 6.45) is 8.21. The number of phenolic OH excluding ortho intramolecular Hbond substituents is 1. The van der Waals surface area contributed by atoms with Crippen molar-refractivity contribution in [3.05, 3.63) is 179 Å². The average molecular weight is 1590 g/mol. The highest BCUT2D eigenvalue weighted by Crippen LogP contribution is 2.23. The molecule has 1 saturated heterocycles. The van der Waals surface area contributed by atoms with E-state index in [4.69, 9.17) is 4.74 Å². The van der Waals surface area contributed by atoms with Crippen molar-refractivity contribution < 1.29 is 85.5 Å². The Labute approximate surface area is 662 Å². The third-order valence-corrected chi connectivity index (χ3v) is 19.5. The molecule has 0 aliphatic carbocycles. The first-order valence-electron chi connectivity index (χ1n) is 38.1. The molecule has 0 saturated carbocycles. The van der Waals surface area contributed by atoms with Crippen LogP contribution in [-0.4, -0.2) is 173 Å². The third kappa shape index (κ3) is 31.0. The fraction of sp³-hybridized carbons (Fsp3) is 0.415. The number of unbranched alkanes of at least 4 members (excludes halogenated alkanes) is 4. The lowest BCUT2D eigenvalue weighted by Gasteiger charge is -2.27. The Hall–Kier alpha value is -11.9. The molecule has 1 aliphatic rings. The number of carboxylic acid groups (broad SMARTS) is 1. The number of carboxylic acids is 1. The number of carbonyl (C=O) groups is 12. The summed E-state index contributed by atoms with van der Waals surface area (Å²) in [7, 11) is -4.51. The van der Waals surface area contributed by atoms with E-state index in [9.17, 15) is 80.7 Å². The molecule has 114 heavy (non-hydrogen) atoms. The number of esters is 1. The topological polar surface area (TPSA) is 458 Å². The Bertz CT molecular complexity index is 4420. The molecular formula is C82H103N13O18S. The molecule has 7 rings (SSSR count). The minimum absolute atomic E-state index is 0.00616. The van der Waals surface area contributed by atoms with Crippen LogP contribution in [0, 0.1) is 11.8 Å². The van der Waals surface area contributed by atoms with Crippen LogP contribution in [0.5, 0.6) is 11.5 Å². The number of para-hydroxylation sites is 1. The van der Waals surface area contributed by atoms with Crippen molar-refractivity contribution >= 4 is 98.8 Å². The first-order chi connectivity index (χ1) is 54.5. The zero-order valence-corrected chi connectivity index (χ0v) is 65.4. The second kappa shape index (κ2) is 45.5. The number of rotatable bonds is 45. The van der Waals surface area contributed by atoms with E-state index in [1.54, 1.807) is 54.6 Å². The van der Waals surface area contributed by atoms with E-state index in [2.05, 4.69) is 63.4 Å². The number of aryl methyl sites for hydroxylation is 2. The summed E-state index contributed by atoms with van der Waals surface area (Å²) in [6, 6.07) is 30.6. The maximum absolute atomic E-state index is 14.7. The number of aliphatic carboxylic acids is 1. The summed E-state index contributed by atoms with van der Waals surface area (Å²) in [4.78, 5) is 166. The number of hydrogen-bond acceptors (Lipinski definition) is 19. The molecule has 31 nitrogen and oxygen atoms in total. The van der Waals surface area contributed by atoms with Gasteiger partial charge in [0.05, 0.1) is 24.7 Å². The number of anilines is 2. The van der Waals surface area contributed by atoms with Gasteiger partial charge in [-0.3, -0.25) is 67.5 Å². The number of amides is 10. The van der Waals surface area contributed by atoms with Crippen molar-refractivity contribution in [2.45, 2.75) is 185 Å². The van der Waals surface area contributed by atoms with Crippen LogP contribution in [-0.2, 0) is 88.5 Å². The van der Waals surface area contributed by atoms with Crippen LogP contribution in [0.25, 0.3) is 0 Å². The number of benzene rings is 5. The second-order valence-electron chi connectivity index (χ2n) is 28.7. The molecule has 32 heteroatoms. The zero-order chi connectivity index (χ0) is 82.7. The van der Waals surface area contributed by atoms with E-state index in [0.29, 0.717) is 49.1 Å². The largest absolute Gasteiger partial charge is 0.508 e. The number of nitrogens with zero attached hydrogens (tertiary/aromatic N) is 3. The normalized spacial score (nSPS) is 13.9. The molecule has 5 aromatic carbocycles. The van der Waals surface area contributed by atoms with Crippen LogP contribution in [0.2, 0.25) is 0 Å². The van der Waals surface area contributed by atoms with Crippen molar-refractivity contribution in [1.29, 1.82) is 0 Å². The highest BCUT2D eigenvalue weighted by molar-refractivity contribution is 7.86. The number of aromatic hydroxyl groups is 1. The maximum atomic E-state index is 14.7. The first-order valence-corrected chi connectivity index (χ1v) is 39.6. The number of hydrogen-bond donors (Lipinski definition) is 13. The number of pyridine rings is 1. The van der Waals surface area contributed by atoms with Gasteiger partial charge in [0.2, 0.25) is 53.2 Å². The molecular weight excluding hydrogens is 1490 g/mol. The fourth-order valence-electron chi connectivity index (χ4n) is 12.6. The zero-order valence-electron chi connectivity index (χ0n) is 64.6. The summed E-state index contributed by atoms with van der Waals surface area (Å²) in [6.45, 7) is 8.79. The standard InChI is InChI=1S/C82H103N13O18S/c1-52(2)45-66(93-82(109)69-25-18-44-95(69)54(5)96)78(105)86-51-73(99)88-65(38-32-55-19-11-9-12-20-55)79(106)92-68(47-57-28-34-61(97)35-29-57)81(108)91-67(46-53(3)4)80(107)89-63-24-16-14-22-58(63)48-75(102)113-62-36-30-56(31-37-62)21-10-7-6-8-13-27-72(98)83-42-43-84-77(104)64(39-41-74(100)101)90-76(103)60-33-40-71(85-49-60)94-87-50-59-23-15-17-26-70(59)114(110,111)112/h9,11-12,14-17,19-20,22-24,26,28-31,33-37,40,49-50,52-53,64-69,97H,6-8,10,13,18,21,25,27,32,38-39,41-48,51H2,1-5H3,(H,83,98)(H,84,104)(H,85,94)(H,86,105)(H,88,99)(H,89,107)(H,90,103)(H,91,108)(H,92,106)(H,93,109)(H,100,101)(H,110,111,112)/b87-50+/t64-,65-,66-,67-,68-,69-/m0/s1. The van der Waals surface area contributed by atoms with Gasteiger partial charge in [0.25, 0.3) is 16.0 Å². The van der Waals surface area contributed by atoms with Crippen LogP contribution in [0.15, 0.2) is 156 Å². The van der Waals surface area contributed by atoms with Crippen LogP contribution in [0.4, 0.5) is 11.5 Å². The van der Waals surface area contributed by atoms with Gasteiger partial charge in [-0.15, -0.1) is 0 Å². The van der Waals surface area contributed by atoms with Gasteiger partial charge in [-0.2, -0.15) is 13.5 Å². The molecule has 2 heterocycles. The van der Waals surface area contributed by atoms with Gasteiger partial charge >= 0.3 is 11.9 Å². The fourth-order valence-corrected chi connectivity index (χ4v) is 13.3. The second-order valence-corrected chi connectivity index (χ2v) is 30.1. The maximum Gasteiger partial charge on any atom is 0.315 e. The molecule has 6 aromatic rings. The molecule has 6 atom stereocenters. The Morgan fingerprint density at radius 3 is 1.89 bits per heavy atom. The van der Waals surface area contributed by atoms with Crippen molar-refractivity contribution in [2.75, 3.05) is 36.9 Å². The molecule has 0 spiro atoms. The van der Waals surface area contributed by atoms with Gasteiger partial charge in [-0.25, -0.2) is 4.98 Å². The molecule has 1 aromatic heterocycles. The molecule has 13 N–H and O–H groups in total. The van der Waals surface area contributed by atoms with E-state index in [1.165, 1.54) is 60.5 Å². The minimum atomic E-state index is -4.51. The number of carbonyl (C=O) groups excluding carboxylic acids is 11. The molecule has 10 amide bonds. The summed E-state index contributed by atoms with van der Waals surface area (Å²) in [5.74, 6) is -7.35. The minimum Gasteiger partial charge on any atom is -0.508 e. The van der Waals surface area contributed by atoms with Crippen molar-refractivity contribution in [3.63, 3.8) is 0 Å². The summed E-state index contributed by atoms with van der Waals surface area (Å²) in [5, 5.41) is 47.9. The van der Waals surface area contributed by atoms with E-state index < -0.39 is 119 Å². The molecule has 0 radical (unpaired) electrons. The predicted octanol–water partition coefficient (Wildman–Crippen LogP) is 6.38. The Morgan fingerprint density at radius 1 is 0.596 bits per heavy atom. The highest BCUT2D eigenvalue weighted by Gasteiger charge is 2.36. The molecule has 0 bridgehead atoms. The molecule has 1 aliphatic heterocycles. The summed E-state index contributed by atoms with van der Waals surface area (Å²) in [5.41, 5.74) is 5.83. The van der Waals surface area contributed by atoms with Crippen LogP contribution >= 0.6 is 0 Å². The molecule has 1 fully saturated rings. The van der Waals surface area contributed by atoms with Crippen molar-refractivity contribution in [1.82, 2.24) is 52.4 Å². The number of aromatic nitrogens is 1. The van der Waals surface area contributed by atoms with Gasteiger partial charge in [0.15, 0.2) is 0 Å². The van der Waals surface area contributed by atoms with Gasteiger partial charge in [-0.1, -0.05) is 138 Å². The smallest absolute Gasteiger partial charge is 0.315 e. The van der Waals surface area contributed by atoms with E-state index in [-0.39, 0.29) is 115 Å². The lowest BCUT2D eigenvalue weighted by atomic mass is 10.00. The Balaban J connectivity index is 0.844. The summed E-state index contributed by atoms with van der Waals surface area (Å²) < 4.78 is 38.5. The highest BCUT2D eigenvalue weighted by atomic mass is 32.2. The predicted molar refractivity (Wildman–Crippen MR) is 425 cm³/mol. The Kier molecular flexibility index (Phi) is 35.7. The first kappa shape index (κ1) is 89.3. The number of hydrazone groups is 1. The van der Waals surface area contributed by atoms with Crippen LogP contribution in [0.3, 0.4) is 0 Å². The van der Waals surface area contributed by atoms with Gasteiger partial charge in [-0.05, 0) is 147 Å². The monoisotopic (exact) mass is 1590 g/mol. The number of likely N-dealkylation sites (tertiary alicyclic amines) is 1. The number of nitrogens with one attached hydrogen (secondary N) is 10. The van der Waals surface area contributed by atoms with E-state index >= 15 is 0 Å². The molecule has 610 valence electrons. The average Bonchev–Trinajstić information content (AvgIpc) is 1.40. The van der Waals surface area contributed by atoms with E-state index in [1.807, 2.05) is 70.2 Å². The third-order valence-electron chi connectivity index (χ3n) is 18.5. The van der Waals surface area contributed by atoms with Crippen LogP contribution < -0.4 is 58.0 Å². The number of ether oxygens (including phenoxy) is 1. The lowest BCUT2D eigenvalue weighted by Crippen LogP contribution is -2.58. The number of phenols is 1. The van der Waals surface area contributed by atoms with Gasteiger partial charge in [0.1, 0.15) is 58.5 Å².